The maximum Gasteiger partial charge on any atom is 0.284 e. The summed E-state index contributed by atoms with van der Waals surface area (Å²) in [5, 5.41) is 0. The van der Waals surface area contributed by atoms with E-state index >= 15 is 0 Å². The highest BCUT2D eigenvalue weighted by atomic mass is 16.3. The first-order chi connectivity index (χ1) is 3.80. The Morgan fingerprint density at radius 3 is 3.00 bits per heavy atom. The monoisotopic (exact) mass is 110 g/mol. The molecule has 0 spiro atoms. The lowest BCUT2D eigenvalue weighted by Gasteiger charge is -1.76. The Balaban J connectivity index is 2.93. The average Bonchev–Trinajstić information content (AvgIpc) is 2.12. The van der Waals surface area contributed by atoms with Gasteiger partial charge in [-0.3, -0.25) is 4.79 Å². The van der Waals surface area contributed by atoms with E-state index in [0.29, 0.717) is 5.69 Å². The van der Waals surface area contributed by atoms with Gasteiger partial charge in [-0.05, 0) is 0 Å². The fourth-order valence-corrected chi connectivity index (χ4v) is 0.346. The Morgan fingerprint density at radius 2 is 2.75 bits per heavy atom. The van der Waals surface area contributed by atoms with Gasteiger partial charge in [0.1, 0.15) is 12.0 Å². The normalized spacial score (nSPS) is 9.12. The van der Waals surface area contributed by atoms with Crippen LogP contribution in [0.25, 0.3) is 0 Å². The quantitative estimate of drug-likeness (QED) is 0.499. The molecule has 0 aliphatic rings. The van der Waals surface area contributed by atoms with Crippen molar-refractivity contribution in [2.75, 3.05) is 0 Å². The third-order valence-corrected chi connectivity index (χ3v) is 0.750. The van der Waals surface area contributed by atoms with Crippen molar-refractivity contribution in [2.24, 2.45) is 0 Å². The lowest BCUT2D eigenvalue weighted by atomic mass is 10.4. The molecule has 1 aromatic heterocycles. The lowest BCUT2D eigenvalue weighted by molar-refractivity contribution is 0.101. The number of aromatic nitrogens is 1. The van der Waals surface area contributed by atoms with Crippen LogP contribution in [-0.4, -0.2) is 10.8 Å². The Bertz CT molecular complexity index is 178. The number of carbonyl (C=O) groups excluding carboxylic acids is 1. The van der Waals surface area contributed by atoms with Crippen molar-refractivity contribution in [1.29, 1.82) is 0 Å². The topological polar surface area (TPSA) is 43.1 Å². The van der Waals surface area contributed by atoms with Crippen molar-refractivity contribution in [2.45, 2.75) is 6.92 Å². The van der Waals surface area contributed by atoms with E-state index in [0.717, 1.165) is 0 Å². The van der Waals surface area contributed by atoms with Gasteiger partial charge in [-0.25, -0.2) is 4.98 Å². The third kappa shape index (κ3) is 0.753. The van der Waals surface area contributed by atoms with E-state index in [-0.39, 0.29) is 5.78 Å². The standard InChI is InChI=1S/C5H4NO2/c1-4(7)5-2-8-3-6-5/h2H,1H3. The second-order valence-corrected chi connectivity index (χ2v) is 1.38. The minimum Gasteiger partial charge on any atom is -0.440 e. The van der Waals surface area contributed by atoms with Crippen LogP contribution >= 0.6 is 0 Å². The molecule has 0 amide bonds. The van der Waals surface area contributed by atoms with Gasteiger partial charge in [0.2, 0.25) is 0 Å². The van der Waals surface area contributed by atoms with Crippen LogP contribution in [0.4, 0.5) is 0 Å². The van der Waals surface area contributed by atoms with Crippen molar-refractivity contribution in [3.8, 4) is 0 Å². The first kappa shape index (κ1) is 5.03. The van der Waals surface area contributed by atoms with Crippen molar-refractivity contribution in [3.63, 3.8) is 0 Å². The predicted molar refractivity (Wildman–Crippen MR) is 25.3 cm³/mol. The smallest absolute Gasteiger partial charge is 0.284 e. The Morgan fingerprint density at radius 1 is 2.00 bits per heavy atom. The fourth-order valence-electron chi connectivity index (χ4n) is 0.346. The molecule has 0 atom stereocenters. The maximum absolute atomic E-state index is 10.4. The molecule has 0 fully saturated rings. The van der Waals surface area contributed by atoms with Gasteiger partial charge in [0, 0.05) is 6.92 Å². The van der Waals surface area contributed by atoms with Gasteiger partial charge < -0.3 is 4.42 Å². The van der Waals surface area contributed by atoms with E-state index in [9.17, 15) is 4.79 Å². The Labute approximate surface area is 46.3 Å². The molecule has 3 heteroatoms. The number of ketones is 1. The first-order valence-electron chi connectivity index (χ1n) is 2.13. The summed E-state index contributed by atoms with van der Waals surface area (Å²) in [6.45, 7) is 1.42. The lowest BCUT2D eigenvalue weighted by Crippen LogP contribution is -1.89. The molecular formula is C5H4NO2. The molecule has 1 aromatic rings. The minimum atomic E-state index is -0.102. The number of nitrogens with zero attached hydrogens (tertiary/aromatic N) is 1. The molecule has 41 valence electrons. The SMILES string of the molecule is CC(=O)c1co[c]n1. The summed E-state index contributed by atoms with van der Waals surface area (Å²) in [4.78, 5) is 13.8. The molecule has 0 bridgehead atoms. The van der Waals surface area contributed by atoms with Gasteiger partial charge in [0.25, 0.3) is 6.39 Å². The van der Waals surface area contributed by atoms with Crippen molar-refractivity contribution in [1.82, 2.24) is 4.98 Å². The van der Waals surface area contributed by atoms with E-state index in [1.54, 1.807) is 0 Å². The number of carbonyl (C=O) groups is 1. The van der Waals surface area contributed by atoms with E-state index in [1.807, 2.05) is 0 Å². The van der Waals surface area contributed by atoms with Crippen LogP contribution in [0.15, 0.2) is 10.7 Å². The summed E-state index contributed by atoms with van der Waals surface area (Å²) < 4.78 is 4.42. The molecule has 0 N–H and O–H groups in total. The van der Waals surface area contributed by atoms with Gasteiger partial charge >= 0.3 is 0 Å². The van der Waals surface area contributed by atoms with Gasteiger partial charge in [-0.2, -0.15) is 0 Å². The van der Waals surface area contributed by atoms with E-state index in [4.69, 9.17) is 0 Å². The van der Waals surface area contributed by atoms with Gasteiger partial charge in [0.15, 0.2) is 5.78 Å². The van der Waals surface area contributed by atoms with Crippen LogP contribution < -0.4 is 0 Å². The van der Waals surface area contributed by atoms with Crippen LogP contribution in [0, 0.1) is 6.39 Å². The van der Waals surface area contributed by atoms with Gasteiger partial charge in [-0.1, -0.05) is 0 Å². The van der Waals surface area contributed by atoms with Crippen LogP contribution in [0.3, 0.4) is 0 Å². The zero-order valence-corrected chi connectivity index (χ0v) is 4.34. The van der Waals surface area contributed by atoms with E-state index in [1.165, 1.54) is 13.2 Å². The maximum atomic E-state index is 10.4. The number of hydrogen-bond acceptors (Lipinski definition) is 3. The van der Waals surface area contributed by atoms with Crippen LogP contribution in [0.1, 0.15) is 17.4 Å². The zero-order valence-electron chi connectivity index (χ0n) is 4.34. The van der Waals surface area contributed by atoms with Gasteiger partial charge in [0.05, 0.1) is 0 Å². The van der Waals surface area contributed by atoms with Crippen LogP contribution in [0.2, 0.25) is 0 Å². The molecule has 0 aliphatic carbocycles. The number of rotatable bonds is 1. The largest absolute Gasteiger partial charge is 0.440 e. The highest BCUT2D eigenvalue weighted by Gasteiger charge is 1.99. The van der Waals surface area contributed by atoms with Crippen LogP contribution in [-0.2, 0) is 0 Å². The van der Waals surface area contributed by atoms with E-state index in [2.05, 4.69) is 15.8 Å². The second-order valence-electron chi connectivity index (χ2n) is 1.38. The van der Waals surface area contributed by atoms with Crippen LogP contribution in [0.5, 0.6) is 0 Å². The molecule has 1 heterocycles. The molecule has 1 rings (SSSR count). The molecule has 3 nitrogen and oxygen atoms in total. The van der Waals surface area contributed by atoms with Gasteiger partial charge in [-0.15, -0.1) is 0 Å². The molecule has 0 unspecified atom stereocenters. The highest BCUT2D eigenvalue weighted by molar-refractivity contribution is 5.91. The molecule has 1 radical (unpaired) electrons. The third-order valence-electron chi connectivity index (χ3n) is 0.750. The first-order valence-corrected chi connectivity index (χ1v) is 2.13. The molecule has 0 aromatic carbocycles. The number of hydrogen-bond donors (Lipinski definition) is 0. The predicted octanol–water partition coefficient (Wildman–Crippen LogP) is 0.677. The summed E-state index contributed by atoms with van der Waals surface area (Å²) in [6.07, 6.45) is 3.43. The Kier molecular flexibility index (Phi) is 1.12. The molecule has 0 aliphatic heterocycles. The molecule has 0 saturated carbocycles. The molecule has 8 heavy (non-hydrogen) atoms. The van der Waals surface area contributed by atoms with Crippen molar-refractivity contribution < 1.29 is 9.21 Å². The molecule has 0 saturated heterocycles. The fraction of sp³-hybridized carbons (Fsp3) is 0.200. The highest BCUT2D eigenvalue weighted by Crippen LogP contribution is 1.92. The summed E-state index contributed by atoms with van der Waals surface area (Å²) >= 11 is 0. The van der Waals surface area contributed by atoms with Crippen molar-refractivity contribution in [3.05, 3.63) is 18.4 Å². The van der Waals surface area contributed by atoms with E-state index < -0.39 is 0 Å². The molecular weight excluding hydrogens is 106 g/mol. The summed E-state index contributed by atoms with van der Waals surface area (Å²) in [5.41, 5.74) is 0.324. The minimum absolute atomic E-state index is 0.102. The zero-order chi connectivity index (χ0) is 5.98. The average molecular weight is 110 g/mol. The Hall–Kier alpha value is -1.12. The second kappa shape index (κ2) is 1.78. The summed E-state index contributed by atoms with van der Waals surface area (Å²) in [5.74, 6) is -0.102. The number of Topliss-reactive ketones (excluding diaryl/α,β-unsaturated/α-hetero) is 1. The summed E-state index contributed by atoms with van der Waals surface area (Å²) in [6, 6.07) is 0. The van der Waals surface area contributed by atoms with Crippen molar-refractivity contribution >= 4 is 5.78 Å². The number of oxazole rings is 1. The summed E-state index contributed by atoms with van der Waals surface area (Å²) in [7, 11) is 0.